The number of hydrogen-bond donors (Lipinski definition) is 3. The van der Waals surface area contributed by atoms with Crippen LogP contribution in [0.15, 0.2) is 22.7 Å². The predicted octanol–water partition coefficient (Wildman–Crippen LogP) is 3.09. The van der Waals surface area contributed by atoms with E-state index < -0.39 is 17.5 Å². The van der Waals surface area contributed by atoms with Crippen LogP contribution >= 0.6 is 27.5 Å². The van der Waals surface area contributed by atoms with Crippen LogP contribution < -0.4 is 10.6 Å². The molecule has 0 saturated carbocycles. The fraction of sp³-hybridized carbons (Fsp3) is 0.273. The Morgan fingerprint density at radius 3 is 2.56 bits per heavy atom. The molecule has 0 heterocycles. The largest absolute Gasteiger partial charge is 0.480 e. The molecule has 1 aromatic rings. The van der Waals surface area contributed by atoms with Gasteiger partial charge in [0, 0.05) is 9.50 Å². The number of carboxylic acids is 1. The Hall–Kier alpha value is -1.27. The lowest BCUT2D eigenvalue weighted by Crippen LogP contribution is -2.51. The molecule has 0 aliphatic heterocycles. The first-order chi connectivity index (χ1) is 8.22. The highest BCUT2D eigenvalue weighted by Gasteiger charge is 2.29. The SMILES string of the molecule is CC(C)(NC(=O)Nc1cc(Cl)ccc1Br)C(=O)O. The summed E-state index contributed by atoms with van der Waals surface area (Å²) in [5, 5.41) is 14.2. The van der Waals surface area contributed by atoms with Crippen molar-refractivity contribution in [2.45, 2.75) is 19.4 Å². The lowest BCUT2D eigenvalue weighted by molar-refractivity contribution is -0.142. The molecule has 3 N–H and O–H groups in total. The van der Waals surface area contributed by atoms with Gasteiger partial charge in [-0.3, -0.25) is 0 Å². The van der Waals surface area contributed by atoms with Crippen LogP contribution in [0.4, 0.5) is 10.5 Å². The molecule has 0 aliphatic rings. The molecular formula is C11H12BrClN2O3. The summed E-state index contributed by atoms with van der Waals surface area (Å²) in [6, 6.07) is 4.28. The number of benzene rings is 1. The molecule has 1 rings (SSSR count). The minimum atomic E-state index is -1.35. The second kappa shape index (κ2) is 5.58. The van der Waals surface area contributed by atoms with Crippen LogP contribution in [0.1, 0.15) is 13.8 Å². The smallest absolute Gasteiger partial charge is 0.328 e. The molecule has 5 nitrogen and oxygen atoms in total. The number of nitrogens with one attached hydrogen (secondary N) is 2. The number of urea groups is 1. The summed E-state index contributed by atoms with van der Waals surface area (Å²) in [5.74, 6) is -1.12. The van der Waals surface area contributed by atoms with Gasteiger partial charge in [-0.1, -0.05) is 11.6 Å². The minimum absolute atomic E-state index is 0.459. The maximum absolute atomic E-state index is 11.6. The quantitative estimate of drug-likeness (QED) is 0.794. The van der Waals surface area contributed by atoms with Crippen LogP contribution in [0.3, 0.4) is 0 Å². The van der Waals surface area contributed by atoms with Crippen LogP contribution in [0.5, 0.6) is 0 Å². The van der Waals surface area contributed by atoms with E-state index >= 15 is 0 Å². The first-order valence-electron chi connectivity index (χ1n) is 5.00. The zero-order chi connectivity index (χ0) is 13.9. The number of anilines is 1. The molecular weight excluding hydrogens is 323 g/mol. The van der Waals surface area contributed by atoms with Crippen LogP contribution in [-0.4, -0.2) is 22.6 Å². The first-order valence-corrected chi connectivity index (χ1v) is 6.17. The van der Waals surface area contributed by atoms with Gasteiger partial charge < -0.3 is 15.7 Å². The van der Waals surface area contributed by atoms with Crippen LogP contribution in [-0.2, 0) is 4.79 Å². The number of halogens is 2. The summed E-state index contributed by atoms with van der Waals surface area (Å²) >= 11 is 9.05. The molecule has 0 fully saturated rings. The minimum Gasteiger partial charge on any atom is -0.480 e. The van der Waals surface area contributed by atoms with Gasteiger partial charge in [0.25, 0.3) is 0 Å². The molecule has 0 bridgehead atoms. The third-order valence-corrected chi connectivity index (χ3v) is 3.06. The van der Waals surface area contributed by atoms with Gasteiger partial charge in [-0.2, -0.15) is 0 Å². The molecule has 18 heavy (non-hydrogen) atoms. The molecule has 0 aliphatic carbocycles. The van der Waals surface area contributed by atoms with Crippen LogP contribution in [0, 0.1) is 0 Å². The fourth-order valence-electron chi connectivity index (χ4n) is 1.08. The monoisotopic (exact) mass is 334 g/mol. The molecule has 2 amide bonds. The summed E-state index contributed by atoms with van der Waals surface area (Å²) in [7, 11) is 0. The Labute approximate surface area is 118 Å². The van der Waals surface area contributed by atoms with Crippen molar-refractivity contribution < 1.29 is 14.7 Å². The van der Waals surface area contributed by atoms with E-state index in [9.17, 15) is 9.59 Å². The molecule has 0 atom stereocenters. The Kier molecular flexibility index (Phi) is 4.59. The predicted molar refractivity (Wildman–Crippen MR) is 73.0 cm³/mol. The van der Waals surface area contributed by atoms with Gasteiger partial charge >= 0.3 is 12.0 Å². The zero-order valence-electron chi connectivity index (χ0n) is 9.75. The van der Waals surface area contributed by atoms with Crippen molar-refractivity contribution in [3.05, 3.63) is 27.7 Å². The average molecular weight is 336 g/mol. The van der Waals surface area contributed by atoms with Crippen molar-refractivity contribution in [3.8, 4) is 0 Å². The van der Waals surface area contributed by atoms with Gasteiger partial charge in [0.15, 0.2) is 0 Å². The van der Waals surface area contributed by atoms with E-state index in [1.54, 1.807) is 18.2 Å². The number of carboxylic acid groups (broad SMARTS) is 1. The van der Waals surface area contributed by atoms with E-state index in [0.29, 0.717) is 15.2 Å². The highest BCUT2D eigenvalue weighted by Crippen LogP contribution is 2.25. The van der Waals surface area contributed by atoms with Gasteiger partial charge in [0.05, 0.1) is 5.69 Å². The van der Waals surface area contributed by atoms with Gasteiger partial charge in [0.1, 0.15) is 5.54 Å². The Morgan fingerprint density at radius 2 is 2.00 bits per heavy atom. The van der Waals surface area contributed by atoms with Crippen LogP contribution in [0.2, 0.25) is 5.02 Å². The van der Waals surface area contributed by atoms with Crippen LogP contribution in [0.25, 0.3) is 0 Å². The normalized spacial score (nSPS) is 10.9. The van der Waals surface area contributed by atoms with Crippen molar-refractivity contribution in [3.63, 3.8) is 0 Å². The summed E-state index contributed by atoms with van der Waals surface area (Å²) < 4.78 is 0.648. The maximum Gasteiger partial charge on any atom is 0.328 e. The highest BCUT2D eigenvalue weighted by atomic mass is 79.9. The van der Waals surface area contributed by atoms with E-state index in [4.69, 9.17) is 16.7 Å². The summed E-state index contributed by atoms with van der Waals surface area (Å²) in [5.41, 5.74) is -0.893. The molecule has 0 radical (unpaired) electrons. The van der Waals surface area contributed by atoms with Crippen molar-refractivity contribution in [1.29, 1.82) is 0 Å². The molecule has 1 aromatic carbocycles. The summed E-state index contributed by atoms with van der Waals surface area (Å²) in [4.78, 5) is 22.5. The number of carbonyl (C=O) groups is 2. The van der Waals surface area contributed by atoms with E-state index in [-0.39, 0.29) is 0 Å². The molecule has 0 spiro atoms. The zero-order valence-corrected chi connectivity index (χ0v) is 12.1. The van der Waals surface area contributed by atoms with Crippen molar-refractivity contribution in [2.24, 2.45) is 0 Å². The van der Waals surface area contributed by atoms with Gasteiger partial charge in [-0.05, 0) is 48.0 Å². The lowest BCUT2D eigenvalue weighted by Gasteiger charge is -2.21. The number of aliphatic carboxylic acids is 1. The van der Waals surface area contributed by atoms with Crippen molar-refractivity contribution in [2.75, 3.05) is 5.32 Å². The van der Waals surface area contributed by atoms with Gasteiger partial charge in [-0.15, -0.1) is 0 Å². The van der Waals surface area contributed by atoms with Gasteiger partial charge in [-0.25, -0.2) is 9.59 Å². The number of rotatable bonds is 3. The molecule has 98 valence electrons. The summed E-state index contributed by atoms with van der Waals surface area (Å²) in [6.07, 6.45) is 0. The van der Waals surface area contributed by atoms with E-state index in [1.165, 1.54) is 13.8 Å². The van der Waals surface area contributed by atoms with Crippen molar-refractivity contribution >= 4 is 45.2 Å². The lowest BCUT2D eigenvalue weighted by atomic mass is 10.1. The van der Waals surface area contributed by atoms with E-state index in [2.05, 4.69) is 26.6 Å². The maximum atomic E-state index is 11.6. The molecule has 0 aromatic heterocycles. The summed E-state index contributed by atoms with van der Waals surface area (Å²) in [6.45, 7) is 2.78. The third kappa shape index (κ3) is 3.89. The number of amides is 2. The molecule has 0 unspecified atom stereocenters. The Bertz CT molecular complexity index is 491. The molecule has 7 heteroatoms. The van der Waals surface area contributed by atoms with E-state index in [0.717, 1.165) is 0 Å². The van der Waals surface area contributed by atoms with Gasteiger partial charge in [0.2, 0.25) is 0 Å². The second-order valence-electron chi connectivity index (χ2n) is 4.13. The fourth-order valence-corrected chi connectivity index (χ4v) is 1.60. The first kappa shape index (κ1) is 14.8. The standard InChI is InChI=1S/C11H12BrClN2O3/c1-11(2,9(16)17)15-10(18)14-8-5-6(13)3-4-7(8)12/h3-5H,1-2H3,(H,16,17)(H2,14,15,18). The average Bonchev–Trinajstić information content (AvgIpc) is 2.22. The Morgan fingerprint density at radius 1 is 1.39 bits per heavy atom. The number of carbonyl (C=O) groups excluding carboxylic acids is 1. The Balaban J connectivity index is 2.77. The molecule has 0 saturated heterocycles. The topological polar surface area (TPSA) is 78.4 Å². The number of hydrogen-bond acceptors (Lipinski definition) is 2. The third-order valence-electron chi connectivity index (χ3n) is 2.14. The highest BCUT2D eigenvalue weighted by molar-refractivity contribution is 9.10. The van der Waals surface area contributed by atoms with E-state index in [1.807, 2.05) is 0 Å². The second-order valence-corrected chi connectivity index (χ2v) is 5.42. The van der Waals surface area contributed by atoms with Crippen molar-refractivity contribution in [1.82, 2.24) is 5.32 Å².